The number of anilines is 1. The number of nitrogens with two attached hydrogens (primary N) is 1. The van der Waals surface area contributed by atoms with Crippen LogP contribution in [-0.2, 0) is 10.0 Å². The zero-order valence-corrected chi connectivity index (χ0v) is 12.4. The second-order valence-electron chi connectivity index (χ2n) is 4.19. The van der Waals surface area contributed by atoms with Gasteiger partial charge >= 0.3 is 0 Å². The van der Waals surface area contributed by atoms with Gasteiger partial charge in [0.1, 0.15) is 4.90 Å². The van der Waals surface area contributed by atoms with Crippen molar-refractivity contribution >= 4 is 43.2 Å². The van der Waals surface area contributed by atoms with Crippen LogP contribution in [0.25, 0.3) is 0 Å². The van der Waals surface area contributed by atoms with E-state index in [1.54, 1.807) is 0 Å². The summed E-state index contributed by atoms with van der Waals surface area (Å²) in [4.78, 5) is -0.520. The average molecular weight is 358 g/mol. The number of rotatable bonds is 4. The molecule has 0 saturated heterocycles. The number of nitrogens with one attached hydrogen (secondary N) is 1. The number of hydrogen-bond donors (Lipinski definition) is 2. The highest BCUT2D eigenvalue weighted by Gasteiger charge is 2.27. The fourth-order valence-corrected chi connectivity index (χ4v) is 3.22. The molecular formula is C10H11BrClFN2O2S. The van der Waals surface area contributed by atoms with Gasteiger partial charge in [0, 0.05) is 6.54 Å². The Balaban J connectivity index is 2.37. The second-order valence-corrected chi connectivity index (χ2v) is 7.13. The van der Waals surface area contributed by atoms with Gasteiger partial charge < -0.3 is 5.73 Å². The van der Waals surface area contributed by atoms with Crippen molar-refractivity contribution in [1.29, 1.82) is 0 Å². The van der Waals surface area contributed by atoms with Gasteiger partial charge in [-0.05, 0) is 40.8 Å². The van der Waals surface area contributed by atoms with E-state index in [0.717, 1.165) is 18.9 Å². The molecule has 0 atom stereocenters. The van der Waals surface area contributed by atoms with Crippen LogP contribution in [0.5, 0.6) is 0 Å². The molecule has 0 aromatic heterocycles. The SMILES string of the molecule is Nc1c(F)c(S(=O)(=O)NCC2CC2)cc(Cl)c1Br. The first-order chi connectivity index (χ1) is 8.33. The van der Waals surface area contributed by atoms with Gasteiger partial charge in [0.25, 0.3) is 0 Å². The molecule has 1 aromatic carbocycles. The maximum Gasteiger partial charge on any atom is 0.243 e. The van der Waals surface area contributed by atoms with Gasteiger partial charge in [0.15, 0.2) is 5.82 Å². The Hall–Kier alpha value is -0.370. The average Bonchev–Trinajstić information content (AvgIpc) is 3.12. The predicted octanol–water partition coefficient (Wildman–Crippen LogP) is 2.51. The summed E-state index contributed by atoms with van der Waals surface area (Å²) in [5.74, 6) is -0.638. The number of benzene rings is 1. The van der Waals surface area contributed by atoms with Gasteiger partial charge in [0.05, 0.1) is 15.2 Å². The summed E-state index contributed by atoms with van der Waals surface area (Å²) in [6.07, 6.45) is 1.99. The summed E-state index contributed by atoms with van der Waals surface area (Å²) >= 11 is 8.78. The molecule has 0 aliphatic heterocycles. The van der Waals surface area contributed by atoms with Crippen molar-refractivity contribution in [2.75, 3.05) is 12.3 Å². The van der Waals surface area contributed by atoms with Crippen molar-refractivity contribution < 1.29 is 12.8 Å². The molecule has 1 aromatic rings. The lowest BCUT2D eigenvalue weighted by atomic mass is 10.3. The zero-order valence-electron chi connectivity index (χ0n) is 9.21. The van der Waals surface area contributed by atoms with E-state index >= 15 is 0 Å². The molecule has 2 rings (SSSR count). The first-order valence-corrected chi connectivity index (χ1v) is 7.91. The van der Waals surface area contributed by atoms with Gasteiger partial charge in [-0.1, -0.05) is 11.6 Å². The number of nitrogen functional groups attached to an aromatic ring is 1. The Labute approximate surface area is 118 Å². The van der Waals surface area contributed by atoms with E-state index in [1.807, 2.05) is 0 Å². The van der Waals surface area contributed by atoms with Crippen LogP contribution in [0.15, 0.2) is 15.4 Å². The standard InChI is InChI=1S/C10H11BrClFN2O2S/c11-8-6(12)3-7(9(13)10(8)14)18(16,17)15-4-5-1-2-5/h3,5,15H,1-2,4,14H2. The van der Waals surface area contributed by atoms with Crippen LogP contribution >= 0.6 is 27.5 Å². The summed E-state index contributed by atoms with van der Waals surface area (Å²) < 4.78 is 40.2. The molecule has 3 N–H and O–H groups in total. The highest BCUT2D eigenvalue weighted by molar-refractivity contribution is 9.10. The summed E-state index contributed by atoms with van der Waals surface area (Å²) in [5.41, 5.74) is 5.14. The molecule has 1 fully saturated rings. The minimum atomic E-state index is -3.92. The number of sulfonamides is 1. The van der Waals surface area contributed by atoms with E-state index < -0.39 is 20.7 Å². The van der Waals surface area contributed by atoms with Crippen LogP contribution in [0.1, 0.15) is 12.8 Å². The van der Waals surface area contributed by atoms with Gasteiger partial charge in [-0.25, -0.2) is 17.5 Å². The van der Waals surface area contributed by atoms with Crippen LogP contribution in [0.3, 0.4) is 0 Å². The van der Waals surface area contributed by atoms with E-state index in [2.05, 4.69) is 20.7 Å². The van der Waals surface area contributed by atoms with E-state index in [4.69, 9.17) is 17.3 Å². The summed E-state index contributed by atoms with van der Waals surface area (Å²) in [6, 6.07) is 1.05. The fourth-order valence-electron chi connectivity index (χ4n) is 1.42. The lowest BCUT2D eigenvalue weighted by Gasteiger charge is -2.10. The molecular weight excluding hydrogens is 347 g/mol. The summed E-state index contributed by atoms with van der Waals surface area (Å²) in [5, 5.41) is 0.0562. The highest BCUT2D eigenvalue weighted by atomic mass is 79.9. The van der Waals surface area contributed by atoms with Crippen molar-refractivity contribution in [3.8, 4) is 0 Å². The fraction of sp³-hybridized carbons (Fsp3) is 0.400. The maximum atomic E-state index is 13.8. The van der Waals surface area contributed by atoms with Crippen LogP contribution in [0.4, 0.5) is 10.1 Å². The molecule has 1 aliphatic rings. The maximum absolute atomic E-state index is 13.8. The van der Waals surface area contributed by atoms with Crippen LogP contribution in [-0.4, -0.2) is 15.0 Å². The molecule has 4 nitrogen and oxygen atoms in total. The summed E-state index contributed by atoms with van der Waals surface area (Å²) in [6.45, 7) is 0.315. The third kappa shape index (κ3) is 2.79. The molecule has 0 spiro atoms. The molecule has 0 heterocycles. The van der Waals surface area contributed by atoms with E-state index in [9.17, 15) is 12.8 Å². The van der Waals surface area contributed by atoms with E-state index in [1.165, 1.54) is 0 Å². The quantitative estimate of drug-likeness (QED) is 0.642. The van der Waals surface area contributed by atoms with Crippen LogP contribution < -0.4 is 10.5 Å². The van der Waals surface area contributed by atoms with Gasteiger partial charge in [0.2, 0.25) is 10.0 Å². The molecule has 0 radical (unpaired) electrons. The second kappa shape index (κ2) is 4.96. The largest absolute Gasteiger partial charge is 0.395 e. The lowest BCUT2D eigenvalue weighted by molar-refractivity contribution is 0.556. The van der Waals surface area contributed by atoms with Crippen LogP contribution in [0.2, 0.25) is 5.02 Å². The molecule has 1 saturated carbocycles. The normalized spacial score (nSPS) is 15.9. The number of halogens is 3. The van der Waals surface area contributed by atoms with Crippen molar-refractivity contribution in [2.24, 2.45) is 5.92 Å². The number of hydrogen-bond acceptors (Lipinski definition) is 3. The van der Waals surface area contributed by atoms with Crippen LogP contribution in [0, 0.1) is 11.7 Å². The molecule has 8 heteroatoms. The highest BCUT2D eigenvalue weighted by Crippen LogP contribution is 2.35. The Morgan fingerprint density at radius 2 is 2.17 bits per heavy atom. The van der Waals surface area contributed by atoms with Crippen molar-refractivity contribution in [3.63, 3.8) is 0 Å². The van der Waals surface area contributed by atoms with Crippen molar-refractivity contribution in [2.45, 2.75) is 17.7 Å². The Morgan fingerprint density at radius 3 is 2.72 bits per heavy atom. The minimum Gasteiger partial charge on any atom is -0.395 e. The molecule has 0 unspecified atom stereocenters. The van der Waals surface area contributed by atoms with Crippen molar-refractivity contribution in [1.82, 2.24) is 4.72 Å². The molecule has 100 valence electrons. The van der Waals surface area contributed by atoms with Crippen molar-refractivity contribution in [3.05, 3.63) is 21.4 Å². The molecule has 0 amide bonds. The van der Waals surface area contributed by atoms with Gasteiger partial charge in [-0.3, -0.25) is 0 Å². The lowest BCUT2D eigenvalue weighted by Crippen LogP contribution is -2.27. The Bertz CT molecular complexity index is 590. The third-order valence-corrected chi connectivity index (χ3v) is 5.51. The monoisotopic (exact) mass is 356 g/mol. The molecule has 1 aliphatic carbocycles. The Morgan fingerprint density at radius 1 is 1.56 bits per heavy atom. The first kappa shape index (κ1) is 14.0. The van der Waals surface area contributed by atoms with Gasteiger partial charge in [-0.15, -0.1) is 0 Å². The Kier molecular flexibility index (Phi) is 3.87. The summed E-state index contributed by atoms with van der Waals surface area (Å²) in [7, 11) is -3.92. The van der Waals surface area contributed by atoms with E-state index in [-0.39, 0.29) is 15.2 Å². The minimum absolute atomic E-state index is 0.0562. The first-order valence-electron chi connectivity index (χ1n) is 5.25. The smallest absolute Gasteiger partial charge is 0.243 e. The third-order valence-electron chi connectivity index (χ3n) is 2.71. The molecule has 0 bridgehead atoms. The van der Waals surface area contributed by atoms with Gasteiger partial charge in [-0.2, -0.15) is 0 Å². The topological polar surface area (TPSA) is 72.2 Å². The van der Waals surface area contributed by atoms with E-state index in [0.29, 0.717) is 12.5 Å². The molecule has 18 heavy (non-hydrogen) atoms. The predicted molar refractivity (Wildman–Crippen MR) is 71.4 cm³/mol. The zero-order chi connectivity index (χ0) is 13.5.